The number of thiazole rings is 1. The van der Waals surface area contributed by atoms with Crippen molar-refractivity contribution in [3.05, 3.63) is 27.6 Å². The van der Waals surface area contributed by atoms with Gasteiger partial charge in [0, 0.05) is 9.75 Å². The predicted molar refractivity (Wildman–Crippen MR) is 79.8 cm³/mol. The van der Waals surface area contributed by atoms with Crippen LogP contribution in [-0.2, 0) is 29.5 Å². The summed E-state index contributed by atoms with van der Waals surface area (Å²) >= 11 is 2.49. The maximum atomic E-state index is 12.2. The van der Waals surface area contributed by atoms with Gasteiger partial charge < -0.3 is 5.11 Å². The molecule has 0 spiro atoms. The number of rotatable bonds is 4. The molecule has 2 aromatic heterocycles. The summed E-state index contributed by atoms with van der Waals surface area (Å²) < 4.78 is 27.2. The molecular weight excluding hydrogens is 316 g/mol. The summed E-state index contributed by atoms with van der Waals surface area (Å²) in [4.78, 5) is 6.19. The fourth-order valence-electron chi connectivity index (χ4n) is 2.15. The summed E-state index contributed by atoms with van der Waals surface area (Å²) in [5, 5.41) is 9.44. The highest BCUT2D eigenvalue weighted by Crippen LogP contribution is 2.31. The number of aromatic nitrogens is 1. The van der Waals surface area contributed by atoms with Crippen LogP contribution in [0.25, 0.3) is 0 Å². The van der Waals surface area contributed by atoms with Crippen molar-refractivity contribution in [2.45, 2.75) is 36.5 Å². The molecule has 0 aromatic carbocycles. The van der Waals surface area contributed by atoms with Crippen molar-refractivity contribution in [1.29, 1.82) is 0 Å². The summed E-state index contributed by atoms with van der Waals surface area (Å²) in [5.41, 5.74) is 1.03. The first-order valence-electron chi connectivity index (χ1n) is 6.29. The van der Waals surface area contributed by atoms with E-state index in [1.165, 1.54) is 22.3 Å². The van der Waals surface area contributed by atoms with Gasteiger partial charge in [-0.05, 0) is 37.8 Å². The highest BCUT2D eigenvalue weighted by molar-refractivity contribution is 7.94. The molecule has 0 unspecified atom stereocenters. The molecule has 0 fully saturated rings. The Morgan fingerprint density at radius 1 is 1.25 bits per heavy atom. The molecule has 5 nitrogen and oxygen atoms in total. The van der Waals surface area contributed by atoms with Gasteiger partial charge in [0.15, 0.2) is 5.13 Å². The minimum atomic E-state index is -3.60. The summed E-state index contributed by atoms with van der Waals surface area (Å²) in [6.45, 7) is -0.147. The van der Waals surface area contributed by atoms with Crippen LogP contribution in [0, 0.1) is 0 Å². The number of nitrogens with one attached hydrogen (secondary N) is 1. The molecule has 0 aliphatic heterocycles. The molecule has 20 heavy (non-hydrogen) atoms. The molecule has 3 rings (SSSR count). The largest absolute Gasteiger partial charge is 0.391 e. The zero-order valence-electron chi connectivity index (χ0n) is 10.6. The van der Waals surface area contributed by atoms with Gasteiger partial charge in [-0.15, -0.1) is 22.7 Å². The second-order valence-electron chi connectivity index (χ2n) is 4.58. The Hall–Kier alpha value is -0.960. The lowest BCUT2D eigenvalue weighted by atomic mass is 10.0. The number of aliphatic hydroxyl groups is 1. The lowest BCUT2D eigenvalue weighted by Gasteiger charge is -2.06. The molecule has 2 N–H and O–H groups in total. The molecule has 2 aromatic rings. The van der Waals surface area contributed by atoms with Crippen LogP contribution in [0.3, 0.4) is 0 Å². The third-order valence-corrected chi connectivity index (χ3v) is 7.23. The number of aliphatic hydroxyl groups excluding tert-OH is 1. The molecule has 0 saturated heterocycles. The normalized spacial score (nSPS) is 15.1. The molecule has 0 radical (unpaired) electrons. The SMILES string of the molecule is O=S(=O)(Nc1nc2c(s1)CCCC2)c1ccc(CO)s1. The van der Waals surface area contributed by atoms with Gasteiger partial charge >= 0.3 is 0 Å². The summed E-state index contributed by atoms with van der Waals surface area (Å²) in [6.07, 6.45) is 4.18. The van der Waals surface area contributed by atoms with Gasteiger partial charge in [-0.3, -0.25) is 4.72 Å². The van der Waals surface area contributed by atoms with Gasteiger partial charge in [-0.25, -0.2) is 13.4 Å². The Kier molecular flexibility index (Phi) is 3.80. The van der Waals surface area contributed by atoms with E-state index < -0.39 is 10.0 Å². The molecule has 2 heterocycles. The monoisotopic (exact) mass is 330 g/mol. The molecule has 1 aliphatic carbocycles. The first kappa shape index (κ1) is 14.0. The lowest BCUT2D eigenvalue weighted by molar-refractivity contribution is 0.285. The molecule has 8 heteroatoms. The number of nitrogens with zero attached hydrogens (tertiary/aromatic N) is 1. The highest BCUT2D eigenvalue weighted by atomic mass is 32.2. The van der Waals surface area contributed by atoms with E-state index in [1.54, 1.807) is 6.07 Å². The van der Waals surface area contributed by atoms with Crippen molar-refractivity contribution in [2.75, 3.05) is 4.72 Å². The van der Waals surface area contributed by atoms with Crippen molar-refractivity contribution in [3.63, 3.8) is 0 Å². The summed E-state index contributed by atoms with van der Waals surface area (Å²) in [5.74, 6) is 0. The smallest absolute Gasteiger partial charge is 0.273 e. The maximum Gasteiger partial charge on any atom is 0.273 e. The van der Waals surface area contributed by atoms with Crippen molar-refractivity contribution in [1.82, 2.24) is 4.98 Å². The molecule has 1 aliphatic rings. The van der Waals surface area contributed by atoms with Crippen molar-refractivity contribution >= 4 is 37.8 Å². The molecule has 0 bridgehead atoms. The third-order valence-electron chi connectivity index (χ3n) is 3.13. The minimum absolute atomic E-state index is 0.147. The highest BCUT2D eigenvalue weighted by Gasteiger charge is 2.21. The van der Waals surface area contributed by atoms with E-state index in [-0.39, 0.29) is 10.8 Å². The van der Waals surface area contributed by atoms with Crippen LogP contribution >= 0.6 is 22.7 Å². The molecule has 0 saturated carbocycles. The van der Waals surface area contributed by atoms with E-state index in [0.717, 1.165) is 42.7 Å². The number of fused-ring (bicyclic) bond motifs is 1. The van der Waals surface area contributed by atoms with Crippen LogP contribution < -0.4 is 4.72 Å². The second-order valence-corrected chi connectivity index (χ2v) is 8.74. The Morgan fingerprint density at radius 3 is 2.75 bits per heavy atom. The van der Waals surface area contributed by atoms with E-state index in [9.17, 15) is 8.42 Å². The van der Waals surface area contributed by atoms with E-state index in [1.807, 2.05) is 0 Å². The van der Waals surface area contributed by atoms with Crippen molar-refractivity contribution < 1.29 is 13.5 Å². The summed E-state index contributed by atoms with van der Waals surface area (Å²) in [7, 11) is -3.60. The van der Waals surface area contributed by atoms with Gasteiger partial charge in [0.2, 0.25) is 0 Å². The second kappa shape index (κ2) is 5.44. The van der Waals surface area contributed by atoms with Gasteiger partial charge in [-0.2, -0.15) is 0 Å². The van der Waals surface area contributed by atoms with Crippen LogP contribution in [0.2, 0.25) is 0 Å². The number of aryl methyl sites for hydroxylation is 2. The number of hydrogen-bond acceptors (Lipinski definition) is 6. The van der Waals surface area contributed by atoms with Crippen LogP contribution in [0.15, 0.2) is 16.3 Å². The van der Waals surface area contributed by atoms with Gasteiger partial charge in [0.25, 0.3) is 10.0 Å². The van der Waals surface area contributed by atoms with E-state index in [2.05, 4.69) is 9.71 Å². The third kappa shape index (κ3) is 2.73. The minimum Gasteiger partial charge on any atom is -0.391 e. The van der Waals surface area contributed by atoms with Crippen molar-refractivity contribution in [2.24, 2.45) is 0 Å². The van der Waals surface area contributed by atoms with Gasteiger partial charge in [-0.1, -0.05) is 0 Å². The average molecular weight is 330 g/mol. The molecule has 0 atom stereocenters. The fraction of sp³-hybridized carbons (Fsp3) is 0.417. The van der Waals surface area contributed by atoms with E-state index in [4.69, 9.17) is 5.11 Å². The zero-order valence-corrected chi connectivity index (χ0v) is 13.1. The van der Waals surface area contributed by atoms with Gasteiger partial charge in [0.05, 0.1) is 12.3 Å². The van der Waals surface area contributed by atoms with E-state index >= 15 is 0 Å². The average Bonchev–Trinajstić information content (AvgIpc) is 3.04. The van der Waals surface area contributed by atoms with Crippen molar-refractivity contribution in [3.8, 4) is 0 Å². The first-order valence-corrected chi connectivity index (χ1v) is 9.41. The Bertz CT molecular complexity index is 695. The number of sulfonamides is 1. The Balaban J connectivity index is 1.84. The van der Waals surface area contributed by atoms with Gasteiger partial charge in [0.1, 0.15) is 4.21 Å². The standard InChI is InChI=1S/C12H14N2O3S3/c15-7-8-5-6-11(18-8)20(16,17)14-12-13-9-3-1-2-4-10(9)19-12/h5-6,15H,1-4,7H2,(H,13,14). The molecular formula is C12H14N2O3S3. The van der Waals surface area contributed by atoms with Crippen LogP contribution in [0.1, 0.15) is 28.3 Å². The van der Waals surface area contributed by atoms with Crippen LogP contribution in [-0.4, -0.2) is 18.5 Å². The zero-order chi connectivity index (χ0) is 14.2. The number of thiophene rings is 1. The molecule has 108 valence electrons. The van der Waals surface area contributed by atoms with E-state index in [0.29, 0.717) is 10.0 Å². The van der Waals surface area contributed by atoms with Crippen LogP contribution in [0.4, 0.5) is 5.13 Å². The summed E-state index contributed by atoms with van der Waals surface area (Å²) in [6, 6.07) is 3.12. The molecule has 0 amide bonds. The predicted octanol–water partition coefficient (Wildman–Crippen LogP) is 2.38. The number of anilines is 1. The fourth-order valence-corrected chi connectivity index (χ4v) is 5.65. The Labute approximate surface area is 125 Å². The Morgan fingerprint density at radius 2 is 2.05 bits per heavy atom. The lowest BCUT2D eigenvalue weighted by Crippen LogP contribution is -2.11. The first-order chi connectivity index (χ1) is 9.58. The topological polar surface area (TPSA) is 79.3 Å². The number of hydrogen-bond donors (Lipinski definition) is 2. The van der Waals surface area contributed by atoms with Crippen LogP contribution in [0.5, 0.6) is 0 Å². The maximum absolute atomic E-state index is 12.2. The quantitative estimate of drug-likeness (QED) is 0.902.